The Morgan fingerprint density at radius 2 is 1.82 bits per heavy atom. The molecule has 0 bridgehead atoms. The number of thiophene rings is 1. The lowest BCUT2D eigenvalue weighted by atomic mass is 9.82. The number of hydrogen-bond donors (Lipinski definition) is 1. The van der Waals surface area contributed by atoms with E-state index in [1.807, 2.05) is 11.3 Å². The fraction of sp³-hybridized carbons (Fsp3) is 0.750. The number of rotatable bonds is 3. The SMILES string of the molecule is Cc1cc([C@H](C2CCCCC2)N2CCNCC2)sc1Br.Cl.Cl. The van der Waals surface area contributed by atoms with Gasteiger partial charge in [-0.3, -0.25) is 4.90 Å². The van der Waals surface area contributed by atoms with Crippen molar-refractivity contribution in [3.05, 3.63) is 20.3 Å². The third-order valence-electron chi connectivity index (χ3n) is 4.81. The van der Waals surface area contributed by atoms with Gasteiger partial charge in [-0.25, -0.2) is 0 Å². The Kier molecular flexibility index (Phi) is 9.28. The molecule has 1 atom stereocenters. The molecule has 128 valence electrons. The average Bonchev–Trinajstić information content (AvgIpc) is 2.81. The van der Waals surface area contributed by atoms with Gasteiger partial charge in [0.25, 0.3) is 0 Å². The topological polar surface area (TPSA) is 15.3 Å². The number of aryl methyl sites for hydroxylation is 1. The monoisotopic (exact) mass is 428 g/mol. The van der Waals surface area contributed by atoms with Crippen LogP contribution in [0.15, 0.2) is 9.85 Å². The summed E-state index contributed by atoms with van der Waals surface area (Å²) in [7, 11) is 0. The van der Waals surface area contributed by atoms with Crippen molar-refractivity contribution in [2.24, 2.45) is 5.92 Å². The minimum Gasteiger partial charge on any atom is -0.314 e. The molecule has 2 nitrogen and oxygen atoms in total. The van der Waals surface area contributed by atoms with Crippen LogP contribution in [-0.4, -0.2) is 31.1 Å². The van der Waals surface area contributed by atoms with Gasteiger partial charge in [0, 0.05) is 37.1 Å². The van der Waals surface area contributed by atoms with E-state index >= 15 is 0 Å². The summed E-state index contributed by atoms with van der Waals surface area (Å²) in [6.45, 7) is 6.93. The van der Waals surface area contributed by atoms with Crippen molar-refractivity contribution in [2.75, 3.05) is 26.2 Å². The first-order valence-corrected chi connectivity index (χ1v) is 9.57. The molecule has 1 aliphatic heterocycles. The van der Waals surface area contributed by atoms with E-state index in [1.54, 1.807) is 4.88 Å². The standard InChI is InChI=1S/C16H25BrN2S.2ClH/c1-12-11-14(20-16(12)17)15(13-5-3-2-4-6-13)19-9-7-18-8-10-19;;/h11,13,15,18H,2-10H2,1H3;2*1H/t15-;;/m0../s1. The predicted octanol–water partition coefficient (Wildman–Crippen LogP) is 5.19. The van der Waals surface area contributed by atoms with Crippen LogP contribution in [0.3, 0.4) is 0 Å². The average molecular weight is 430 g/mol. The summed E-state index contributed by atoms with van der Waals surface area (Å²) in [5, 5.41) is 3.49. The maximum Gasteiger partial charge on any atom is 0.0731 e. The van der Waals surface area contributed by atoms with E-state index < -0.39 is 0 Å². The van der Waals surface area contributed by atoms with Crippen LogP contribution in [0.2, 0.25) is 0 Å². The molecule has 0 amide bonds. The Labute approximate surface area is 159 Å². The molecule has 3 rings (SSSR count). The normalized spacial score (nSPS) is 21.7. The van der Waals surface area contributed by atoms with Gasteiger partial charge >= 0.3 is 0 Å². The van der Waals surface area contributed by atoms with E-state index in [2.05, 4.69) is 39.1 Å². The van der Waals surface area contributed by atoms with Gasteiger partial charge < -0.3 is 5.32 Å². The Morgan fingerprint density at radius 3 is 2.36 bits per heavy atom. The summed E-state index contributed by atoms with van der Waals surface area (Å²) in [5.74, 6) is 0.867. The van der Waals surface area contributed by atoms with Crippen molar-refractivity contribution >= 4 is 52.1 Å². The van der Waals surface area contributed by atoms with Gasteiger partial charge in [-0.2, -0.15) is 0 Å². The van der Waals surface area contributed by atoms with Gasteiger partial charge in [-0.05, 0) is 53.2 Å². The fourth-order valence-corrected chi connectivity index (χ4v) is 5.55. The van der Waals surface area contributed by atoms with E-state index in [0.717, 1.165) is 19.0 Å². The van der Waals surface area contributed by atoms with Crippen molar-refractivity contribution in [1.82, 2.24) is 10.2 Å². The number of halogens is 3. The molecule has 1 saturated heterocycles. The zero-order valence-electron chi connectivity index (χ0n) is 13.1. The number of nitrogens with zero attached hydrogens (tertiary/aromatic N) is 1. The second-order valence-electron chi connectivity index (χ2n) is 6.23. The van der Waals surface area contributed by atoms with Gasteiger partial charge in [0.2, 0.25) is 0 Å². The summed E-state index contributed by atoms with van der Waals surface area (Å²) in [6.07, 6.45) is 7.14. The van der Waals surface area contributed by atoms with Crippen LogP contribution in [0.25, 0.3) is 0 Å². The van der Waals surface area contributed by atoms with Crippen LogP contribution in [0.4, 0.5) is 0 Å². The second-order valence-corrected chi connectivity index (χ2v) is 8.64. The smallest absolute Gasteiger partial charge is 0.0731 e. The highest BCUT2D eigenvalue weighted by atomic mass is 79.9. The lowest BCUT2D eigenvalue weighted by molar-refractivity contribution is 0.106. The minimum absolute atomic E-state index is 0. The van der Waals surface area contributed by atoms with Crippen molar-refractivity contribution in [3.8, 4) is 0 Å². The highest BCUT2D eigenvalue weighted by molar-refractivity contribution is 9.11. The third kappa shape index (κ3) is 4.84. The van der Waals surface area contributed by atoms with Crippen LogP contribution in [0, 0.1) is 12.8 Å². The van der Waals surface area contributed by atoms with Gasteiger partial charge in [0.05, 0.1) is 3.79 Å². The molecule has 1 N–H and O–H groups in total. The van der Waals surface area contributed by atoms with Crippen LogP contribution >= 0.6 is 52.1 Å². The van der Waals surface area contributed by atoms with Gasteiger partial charge in [-0.1, -0.05) is 19.3 Å². The molecule has 0 spiro atoms. The van der Waals surface area contributed by atoms with Gasteiger partial charge in [0.1, 0.15) is 0 Å². The Balaban J connectivity index is 0.00000121. The molecule has 0 radical (unpaired) electrons. The maximum atomic E-state index is 3.72. The number of piperazine rings is 1. The second kappa shape index (κ2) is 9.85. The highest BCUT2D eigenvalue weighted by Gasteiger charge is 2.32. The van der Waals surface area contributed by atoms with E-state index in [4.69, 9.17) is 0 Å². The summed E-state index contributed by atoms with van der Waals surface area (Å²) < 4.78 is 1.32. The summed E-state index contributed by atoms with van der Waals surface area (Å²) >= 11 is 5.68. The lowest BCUT2D eigenvalue weighted by Crippen LogP contribution is -2.47. The molecule has 1 aromatic heterocycles. The molecular weight excluding hydrogens is 403 g/mol. The number of hydrogen-bond acceptors (Lipinski definition) is 3. The molecule has 1 saturated carbocycles. The van der Waals surface area contributed by atoms with Crippen LogP contribution in [0.1, 0.15) is 48.6 Å². The zero-order valence-corrected chi connectivity index (χ0v) is 17.2. The lowest BCUT2D eigenvalue weighted by Gasteiger charge is -2.40. The van der Waals surface area contributed by atoms with Crippen molar-refractivity contribution in [1.29, 1.82) is 0 Å². The quantitative estimate of drug-likeness (QED) is 0.710. The molecule has 0 aromatic carbocycles. The Bertz CT molecular complexity index is 406. The van der Waals surface area contributed by atoms with Crippen molar-refractivity contribution in [2.45, 2.75) is 45.1 Å². The number of nitrogens with one attached hydrogen (secondary N) is 1. The molecular formula is C16H27BrCl2N2S. The Morgan fingerprint density at radius 1 is 1.18 bits per heavy atom. The molecule has 2 heterocycles. The summed E-state index contributed by atoms with van der Waals surface area (Å²) in [5.41, 5.74) is 1.40. The fourth-order valence-electron chi connectivity index (χ4n) is 3.75. The first kappa shape index (κ1) is 20.7. The van der Waals surface area contributed by atoms with Crippen molar-refractivity contribution in [3.63, 3.8) is 0 Å². The van der Waals surface area contributed by atoms with E-state index in [9.17, 15) is 0 Å². The van der Waals surface area contributed by atoms with Crippen LogP contribution < -0.4 is 5.32 Å². The first-order chi connectivity index (χ1) is 9.75. The Hall–Kier alpha value is 0.680. The predicted molar refractivity (Wildman–Crippen MR) is 105 cm³/mol. The first-order valence-electron chi connectivity index (χ1n) is 7.96. The molecule has 1 aliphatic carbocycles. The molecule has 2 aliphatic rings. The molecule has 0 unspecified atom stereocenters. The largest absolute Gasteiger partial charge is 0.314 e. The summed E-state index contributed by atoms with van der Waals surface area (Å²) in [4.78, 5) is 4.33. The van der Waals surface area contributed by atoms with E-state index in [-0.39, 0.29) is 24.8 Å². The molecule has 2 fully saturated rings. The van der Waals surface area contributed by atoms with Crippen LogP contribution in [0.5, 0.6) is 0 Å². The minimum atomic E-state index is 0. The highest BCUT2D eigenvalue weighted by Crippen LogP contribution is 2.42. The maximum absolute atomic E-state index is 3.72. The molecule has 6 heteroatoms. The van der Waals surface area contributed by atoms with Gasteiger partial charge in [-0.15, -0.1) is 36.2 Å². The van der Waals surface area contributed by atoms with E-state index in [0.29, 0.717) is 6.04 Å². The van der Waals surface area contributed by atoms with Crippen LogP contribution in [-0.2, 0) is 0 Å². The zero-order chi connectivity index (χ0) is 13.9. The van der Waals surface area contributed by atoms with Crippen molar-refractivity contribution < 1.29 is 0 Å². The molecule has 1 aromatic rings. The third-order valence-corrected chi connectivity index (χ3v) is 7.02. The summed E-state index contributed by atoms with van der Waals surface area (Å²) in [6, 6.07) is 3.09. The van der Waals surface area contributed by atoms with E-state index in [1.165, 1.54) is 54.5 Å². The van der Waals surface area contributed by atoms with Gasteiger partial charge in [0.15, 0.2) is 0 Å². The molecule has 22 heavy (non-hydrogen) atoms.